The van der Waals surface area contributed by atoms with Crippen molar-refractivity contribution < 1.29 is 9.90 Å². The molecule has 1 heterocycles. The van der Waals surface area contributed by atoms with Crippen molar-refractivity contribution in [1.82, 2.24) is 10.3 Å². The number of rotatable bonds is 5. The second kappa shape index (κ2) is 5.97. The van der Waals surface area contributed by atoms with E-state index in [1.807, 2.05) is 26.2 Å². The number of aliphatic hydroxyl groups excluding tert-OH is 1. The first-order valence-electron chi connectivity index (χ1n) is 5.61. The van der Waals surface area contributed by atoms with Gasteiger partial charge in [0.1, 0.15) is 0 Å². The van der Waals surface area contributed by atoms with Crippen LogP contribution in [-0.2, 0) is 0 Å². The maximum Gasteiger partial charge on any atom is 0.321 e. The largest absolute Gasteiger partial charge is 0.396 e. The molecule has 1 aromatic heterocycles. The van der Waals surface area contributed by atoms with Gasteiger partial charge in [-0.3, -0.25) is 5.32 Å². The summed E-state index contributed by atoms with van der Waals surface area (Å²) in [5.41, 5.74) is 0.504. The monoisotopic (exact) mass is 257 g/mol. The van der Waals surface area contributed by atoms with E-state index in [-0.39, 0.29) is 18.2 Å². The molecule has 0 saturated heterocycles. The molecule has 17 heavy (non-hydrogen) atoms. The van der Waals surface area contributed by atoms with Crippen LogP contribution in [0.2, 0.25) is 0 Å². The van der Waals surface area contributed by atoms with E-state index in [1.165, 1.54) is 11.3 Å². The fourth-order valence-corrected chi connectivity index (χ4v) is 2.07. The van der Waals surface area contributed by atoms with Crippen molar-refractivity contribution in [1.29, 1.82) is 0 Å². The highest BCUT2D eigenvalue weighted by Gasteiger charge is 2.23. The summed E-state index contributed by atoms with van der Waals surface area (Å²) in [4.78, 5) is 15.9. The van der Waals surface area contributed by atoms with Crippen LogP contribution in [0.4, 0.5) is 9.93 Å². The van der Waals surface area contributed by atoms with Gasteiger partial charge in [0, 0.05) is 17.5 Å². The van der Waals surface area contributed by atoms with Crippen LogP contribution in [0.5, 0.6) is 0 Å². The summed E-state index contributed by atoms with van der Waals surface area (Å²) in [5, 5.41) is 17.0. The number of nitrogens with zero attached hydrogens (tertiary/aromatic N) is 1. The van der Waals surface area contributed by atoms with Crippen molar-refractivity contribution in [3.63, 3.8) is 0 Å². The summed E-state index contributed by atoms with van der Waals surface area (Å²) in [5.74, 6) is 0. The van der Waals surface area contributed by atoms with Crippen molar-refractivity contribution in [2.75, 3.05) is 11.9 Å². The second-order valence-corrected chi connectivity index (χ2v) is 5.12. The summed E-state index contributed by atoms with van der Waals surface area (Å²) in [6.07, 6.45) is 1.30. The van der Waals surface area contributed by atoms with Crippen molar-refractivity contribution in [3.05, 3.63) is 11.1 Å². The van der Waals surface area contributed by atoms with E-state index in [0.717, 1.165) is 12.1 Å². The van der Waals surface area contributed by atoms with E-state index in [0.29, 0.717) is 11.6 Å². The predicted molar refractivity (Wildman–Crippen MR) is 69.4 cm³/mol. The van der Waals surface area contributed by atoms with Crippen molar-refractivity contribution in [2.24, 2.45) is 0 Å². The molecule has 0 spiro atoms. The third kappa shape index (κ3) is 4.32. The molecule has 0 bridgehead atoms. The Hall–Kier alpha value is -1.14. The quantitative estimate of drug-likeness (QED) is 0.756. The molecule has 1 unspecified atom stereocenters. The van der Waals surface area contributed by atoms with Gasteiger partial charge in [-0.05, 0) is 26.7 Å². The number of urea groups is 1. The second-order valence-electron chi connectivity index (χ2n) is 4.26. The summed E-state index contributed by atoms with van der Waals surface area (Å²) in [6.45, 7) is 5.82. The number of carbonyl (C=O) groups is 1. The highest BCUT2D eigenvalue weighted by Crippen LogP contribution is 2.16. The van der Waals surface area contributed by atoms with Crippen LogP contribution in [0.1, 0.15) is 32.4 Å². The normalized spacial score (nSPS) is 14.1. The zero-order valence-corrected chi connectivity index (χ0v) is 11.2. The van der Waals surface area contributed by atoms with Gasteiger partial charge in [0.25, 0.3) is 0 Å². The minimum Gasteiger partial charge on any atom is -0.396 e. The lowest BCUT2D eigenvalue weighted by atomic mass is 9.95. The van der Waals surface area contributed by atoms with E-state index in [1.54, 1.807) is 0 Å². The third-order valence-electron chi connectivity index (χ3n) is 2.70. The highest BCUT2D eigenvalue weighted by atomic mass is 32.1. The fraction of sp³-hybridized carbons (Fsp3) is 0.636. The number of aryl methyl sites for hydroxylation is 1. The van der Waals surface area contributed by atoms with Crippen LogP contribution >= 0.6 is 11.3 Å². The Morgan fingerprint density at radius 2 is 2.35 bits per heavy atom. The van der Waals surface area contributed by atoms with Gasteiger partial charge < -0.3 is 10.4 Å². The molecule has 1 aromatic rings. The van der Waals surface area contributed by atoms with Crippen LogP contribution in [0.25, 0.3) is 0 Å². The van der Waals surface area contributed by atoms with Gasteiger partial charge in [-0.1, -0.05) is 6.92 Å². The Labute approximate surface area is 105 Å². The first-order chi connectivity index (χ1) is 7.99. The van der Waals surface area contributed by atoms with Gasteiger partial charge in [-0.15, -0.1) is 11.3 Å². The van der Waals surface area contributed by atoms with Gasteiger partial charge in [0.15, 0.2) is 5.13 Å². The lowest BCUT2D eigenvalue weighted by Crippen LogP contribution is -2.48. The summed E-state index contributed by atoms with van der Waals surface area (Å²) in [7, 11) is 0. The number of nitrogens with one attached hydrogen (secondary N) is 2. The Bertz CT molecular complexity index is 381. The zero-order valence-electron chi connectivity index (χ0n) is 10.4. The number of amides is 2. The molecular weight excluding hydrogens is 238 g/mol. The lowest BCUT2D eigenvalue weighted by molar-refractivity contribution is 0.208. The van der Waals surface area contributed by atoms with Crippen LogP contribution < -0.4 is 10.6 Å². The van der Waals surface area contributed by atoms with Crippen LogP contribution in [0.3, 0.4) is 0 Å². The molecule has 0 aliphatic heterocycles. The number of thiazole rings is 1. The van der Waals surface area contributed by atoms with Crippen LogP contribution in [-0.4, -0.2) is 28.3 Å². The van der Waals surface area contributed by atoms with E-state index < -0.39 is 0 Å². The van der Waals surface area contributed by atoms with E-state index in [4.69, 9.17) is 5.11 Å². The number of hydrogen-bond acceptors (Lipinski definition) is 4. The maximum absolute atomic E-state index is 11.7. The molecule has 1 rings (SSSR count). The molecule has 3 N–H and O–H groups in total. The molecule has 0 saturated carbocycles. The third-order valence-corrected chi connectivity index (χ3v) is 3.57. The first-order valence-corrected chi connectivity index (χ1v) is 6.49. The van der Waals surface area contributed by atoms with Crippen molar-refractivity contribution in [3.8, 4) is 0 Å². The Morgan fingerprint density at radius 3 is 2.82 bits per heavy atom. The van der Waals surface area contributed by atoms with Gasteiger partial charge >= 0.3 is 6.03 Å². The smallest absolute Gasteiger partial charge is 0.321 e. The fourth-order valence-electron chi connectivity index (χ4n) is 1.39. The highest BCUT2D eigenvalue weighted by molar-refractivity contribution is 7.13. The van der Waals surface area contributed by atoms with E-state index in [2.05, 4.69) is 15.6 Å². The molecule has 5 nitrogen and oxygen atoms in total. The average Bonchev–Trinajstić information content (AvgIpc) is 2.64. The summed E-state index contributed by atoms with van der Waals surface area (Å²) in [6, 6.07) is -0.280. The maximum atomic E-state index is 11.7. The zero-order chi connectivity index (χ0) is 12.9. The van der Waals surface area contributed by atoms with Gasteiger partial charge in [-0.2, -0.15) is 0 Å². The number of aliphatic hydroxyl groups is 1. The molecule has 0 radical (unpaired) electrons. The number of aromatic nitrogens is 1. The van der Waals surface area contributed by atoms with Gasteiger partial charge in [0.05, 0.1) is 5.69 Å². The summed E-state index contributed by atoms with van der Waals surface area (Å²) >= 11 is 1.39. The molecule has 0 fully saturated rings. The van der Waals surface area contributed by atoms with Crippen molar-refractivity contribution in [2.45, 2.75) is 39.2 Å². The summed E-state index contributed by atoms with van der Waals surface area (Å²) < 4.78 is 0. The molecule has 0 aromatic carbocycles. The number of hydrogen-bond donors (Lipinski definition) is 3. The Morgan fingerprint density at radius 1 is 1.65 bits per heavy atom. The molecule has 0 aliphatic rings. The van der Waals surface area contributed by atoms with Gasteiger partial charge in [0.2, 0.25) is 0 Å². The number of carbonyl (C=O) groups excluding carboxylic acids is 1. The topological polar surface area (TPSA) is 74.2 Å². The molecule has 6 heteroatoms. The Kier molecular flexibility index (Phi) is 4.89. The molecular formula is C11H19N3O2S. The van der Waals surface area contributed by atoms with Crippen molar-refractivity contribution >= 4 is 22.5 Å². The predicted octanol–water partition coefficient (Wildman–Crippen LogP) is 2.12. The first kappa shape index (κ1) is 13.9. The number of anilines is 1. The minimum atomic E-state index is -0.384. The lowest BCUT2D eigenvalue weighted by Gasteiger charge is -2.28. The molecule has 96 valence electrons. The van der Waals surface area contributed by atoms with E-state index >= 15 is 0 Å². The molecule has 1 atom stereocenters. The standard InChI is InChI=1S/C11H19N3O2S/c1-4-11(3,5-6-15)14-9(16)13-10-12-8(2)7-17-10/h7,15H,4-6H2,1-3H3,(H2,12,13,14,16). The molecule has 2 amide bonds. The van der Waals surface area contributed by atoms with E-state index in [9.17, 15) is 4.79 Å². The van der Waals surface area contributed by atoms with Crippen LogP contribution in [0.15, 0.2) is 5.38 Å². The SMILES string of the molecule is CCC(C)(CCO)NC(=O)Nc1nc(C)cs1. The van der Waals surface area contributed by atoms with Crippen LogP contribution in [0, 0.1) is 6.92 Å². The minimum absolute atomic E-state index is 0.0565. The molecule has 0 aliphatic carbocycles. The average molecular weight is 257 g/mol. The van der Waals surface area contributed by atoms with Gasteiger partial charge in [-0.25, -0.2) is 9.78 Å². The Balaban J connectivity index is 2.53.